The van der Waals surface area contributed by atoms with Crippen molar-refractivity contribution in [1.82, 2.24) is 4.90 Å². The van der Waals surface area contributed by atoms with Crippen LogP contribution in [0, 0.1) is 0 Å². The number of nitrogens with one attached hydrogen (secondary N) is 1. The van der Waals surface area contributed by atoms with Gasteiger partial charge in [-0.25, -0.2) is 0 Å². The zero-order valence-corrected chi connectivity index (χ0v) is 15.3. The SMILES string of the molecule is O=C(c1ccccc1Cc1ccccc1)N1CCC(Nc2ccccc2)C1. The molecule has 3 nitrogen and oxygen atoms in total. The van der Waals surface area contributed by atoms with E-state index in [9.17, 15) is 4.79 Å². The minimum Gasteiger partial charge on any atom is -0.380 e. The van der Waals surface area contributed by atoms with Crippen LogP contribution in [0.2, 0.25) is 0 Å². The van der Waals surface area contributed by atoms with Gasteiger partial charge in [-0.05, 0) is 42.2 Å². The maximum Gasteiger partial charge on any atom is 0.254 e. The molecule has 0 saturated carbocycles. The quantitative estimate of drug-likeness (QED) is 0.724. The highest BCUT2D eigenvalue weighted by molar-refractivity contribution is 5.96. The Balaban J connectivity index is 1.46. The molecule has 3 aromatic rings. The minimum atomic E-state index is 0.138. The molecule has 1 heterocycles. The molecule has 0 aliphatic carbocycles. The van der Waals surface area contributed by atoms with Gasteiger partial charge >= 0.3 is 0 Å². The van der Waals surface area contributed by atoms with Gasteiger partial charge in [0, 0.05) is 30.4 Å². The number of para-hydroxylation sites is 1. The van der Waals surface area contributed by atoms with Crippen LogP contribution in [0.1, 0.15) is 27.9 Å². The minimum absolute atomic E-state index is 0.138. The lowest BCUT2D eigenvalue weighted by Gasteiger charge is -2.19. The molecular formula is C24H24N2O. The summed E-state index contributed by atoms with van der Waals surface area (Å²) in [6.45, 7) is 1.54. The molecule has 1 atom stereocenters. The largest absolute Gasteiger partial charge is 0.380 e. The number of anilines is 1. The Morgan fingerprint density at radius 3 is 2.33 bits per heavy atom. The van der Waals surface area contributed by atoms with Crippen molar-refractivity contribution in [1.29, 1.82) is 0 Å². The zero-order valence-electron chi connectivity index (χ0n) is 15.3. The van der Waals surface area contributed by atoms with E-state index in [4.69, 9.17) is 0 Å². The first-order valence-electron chi connectivity index (χ1n) is 9.52. The fourth-order valence-corrected chi connectivity index (χ4v) is 3.70. The number of carbonyl (C=O) groups excluding carboxylic acids is 1. The summed E-state index contributed by atoms with van der Waals surface area (Å²) in [5.41, 5.74) is 4.25. The van der Waals surface area contributed by atoms with Gasteiger partial charge in [-0.15, -0.1) is 0 Å². The van der Waals surface area contributed by atoms with Crippen molar-refractivity contribution in [2.24, 2.45) is 0 Å². The van der Waals surface area contributed by atoms with Crippen molar-refractivity contribution < 1.29 is 4.79 Å². The first kappa shape index (κ1) is 17.3. The highest BCUT2D eigenvalue weighted by Crippen LogP contribution is 2.21. The lowest BCUT2D eigenvalue weighted by atomic mass is 9.99. The van der Waals surface area contributed by atoms with Gasteiger partial charge in [-0.1, -0.05) is 66.7 Å². The standard InChI is InChI=1S/C24H24N2O/c27-24(26-16-15-22(18-26)25-21-12-5-2-6-13-21)23-14-8-7-11-20(23)17-19-9-3-1-4-10-19/h1-14,22,25H,15-18H2. The van der Waals surface area contributed by atoms with Crippen LogP contribution in [0.25, 0.3) is 0 Å². The third-order valence-corrected chi connectivity index (χ3v) is 5.11. The van der Waals surface area contributed by atoms with E-state index in [2.05, 4.69) is 35.6 Å². The van der Waals surface area contributed by atoms with Crippen molar-refractivity contribution in [2.75, 3.05) is 18.4 Å². The Morgan fingerprint density at radius 2 is 1.56 bits per heavy atom. The second kappa shape index (κ2) is 8.09. The Hall–Kier alpha value is -3.07. The summed E-state index contributed by atoms with van der Waals surface area (Å²) in [6.07, 6.45) is 1.75. The molecule has 0 spiro atoms. The molecule has 0 bridgehead atoms. The van der Waals surface area contributed by atoms with E-state index in [1.807, 2.05) is 59.5 Å². The summed E-state index contributed by atoms with van der Waals surface area (Å²) in [4.78, 5) is 15.1. The lowest BCUT2D eigenvalue weighted by molar-refractivity contribution is 0.0790. The number of nitrogens with zero attached hydrogens (tertiary/aromatic N) is 1. The van der Waals surface area contributed by atoms with Crippen LogP contribution in [0.4, 0.5) is 5.69 Å². The van der Waals surface area contributed by atoms with E-state index in [0.717, 1.165) is 42.7 Å². The summed E-state index contributed by atoms with van der Waals surface area (Å²) >= 11 is 0. The van der Waals surface area contributed by atoms with E-state index >= 15 is 0 Å². The number of rotatable bonds is 5. The average molecular weight is 356 g/mol. The van der Waals surface area contributed by atoms with Gasteiger partial charge in [-0.3, -0.25) is 4.79 Å². The number of benzene rings is 3. The molecule has 1 aliphatic rings. The highest BCUT2D eigenvalue weighted by atomic mass is 16.2. The molecule has 1 fully saturated rings. The van der Waals surface area contributed by atoms with Crippen LogP contribution < -0.4 is 5.32 Å². The molecule has 1 unspecified atom stereocenters. The first-order chi connectivity index (χ1) is 13.3. The topological polar surface area (TPSA) is 32.3 Å². The maximum atomic E-state index is 13.2. The van der Waals surface area contributed by atoms with Crippen molar-refractivity contribution in [3.8, 4) is 0 Å². The third kappa shape index (κ3) is 4.20. The second-order valence-corrected chi connectivity index (χ2v) is 7.07. The van der Waals surface area contributed by atoms with E-state index in [1.54, 1.807) is 0 Å². The van der Waals surface area contributed by atoms with Gasteiger partial charge in [0.25, 0.3) is 5.91 Å². The maximum absolute atomic E-state index is 13.2. The number of hydrogen-bond donors (Lipinski definition) is 1. The summed E-state index contributed by atoms with van der Waals surface area (Å²) in [6, 6.07) is 28.8. The van der Waals surface area contributed by atoms with Crippen molar-refractivity contribution >= 4 is 11.6 Å². The Kier molecular flexibility index (Phi) is 5.20. The fourth-order valence-electron chi connectivity index (χ4n) is 3.70. The molecule has 136 valence electrons. The molecule has 0 aromatic heterocycles. The molecule has 3 aromatic carbocycles. The molecule has 3 heteroatoms. The van der Waals surface area contributed by atoms with Gasteiger partial charge in [0.1, 0.15) is 0 Å². The molecule has 4 rings (SSSR count). The molecule has 1 amide bonds. The van der Waals surface area contributed by atoms with Gasteiger partial charge in [0.2, 0.25) is 0 Å². The van der Waals surface area contributed by atoms with Crippen molar-refractivity contribution in [3.05, 3.63) is 102 Å². The number of amides is 1. The molecule has 1 saturated heterocycles. The van der Waals surface area contributed by atoms with Gasteiger partial charge in [0.15, 0.2) is 0 Å². The van der Waals surface area contributed by atoms with Crippen LogP contribution >= 0.6 is 0 Å². The lowest BCUT2D eigenvalue weighted by Crippen LogP contribution is -2.32. The summed E-state index contributed by atoms with van der Waals surface area (Å²) in [5, 5.41) is 3.54. The Labute approximate surface area is 160 Å². The number of carbonyl (C=O) groups is 1. The van der Waals surface area contributed by atoms with Crippen LogP contribution in [-0.2, 0) is 6.42 Å². The Bertz CT molecular complexity index is 893. The van der Waals surface area contributed by atoms with Gasteiger partial charge in [-0.2, -0.15) is 0 Å². The van der Waals surface area contributed by atoms with Crippen LogP contribution in [-0.4, -0.2) is 29.9 Å². The van der Waals surface area contributed by atoms with Crippen molar-refractivity contribution in [2.45, 2.75) is 18.9 Å². The van der Waals surface area contributed by atoms with Gasteiger partial charge in [0.05, 0.1) is 0 Å². The van der Waals surface area contributed by atoms with E-state index in [1.165, 1.54) is 5.56 Å². The molecule has 1 aliphatic heterocycles. The highest BCUT2D eigenvalue weighted by Gasteiger charge is 2.27. The van der Waals surface area contributed by atoms with Crippen molar-refractivity contribution in [3.63, 3.8) is 0 Å². The van der Waals surface area contributed by atoms with Gasteiger partial charge < -0.3 is 10.2 Å². The van der Waals surface area contributed by atoms with Crippen LogP contribution in [0.3, 0.4) is 0 Å². The fraction of sp³-hybridized carbons (Fsp3) is 0.208. The Morgan fingerprint density at radius 1 is 0.889 bits per heavy atom. The third-order valence-electron chi connectivity index (χ3n) is 5.11. The molecular weight excluding hydrogens is 332 g/mol. The monoisotopic (exact) mass is 356 g/mol. The number of likely N-dealkylation sites (tertiary alicyclic amines) is 1. The molecule has 1 N–H and O–H groups in total. The molecule has 27 heavy (non-hydrogen) atoms. The zero-order chi connectivity index (χ0) is 18.5. The predicted octanol–water partition coefficient (Wildman–Crippen LogP) is 4.60. The van der Waals surface area contributed by atoms with E-state index in [-0.39, 0.29) is 5.91 Å². The first-order valence-corrected chi connectivity index (χ1v) is 9.52. The second-order valence-electron chi connectivity index (χ2n) is 7.07. The van der Waals surface area contributed by atoms with E-state index < -0.39 is 0 Å². The van der Waals surface area contributed by atoms with E-state index in [0.29, 0.717) is 6.04 Å². The van der Waals surface area contributed by atoms with Crippen LogP contribution in [0.15, 0.2) is 84.9 Å². The average Bonchev–Trinajstić information content (AvgIpc) is 3.18. The predicted molar refractivity (Wildman–Crippen MR) is 110 cm³/mol. The summed E-state index contributed by atoms with van der Waals surface area (Å²) in [5.74, 6) is 0.138. The summed E-state index contributed by atoms with van der Waals surface area (Å²) < 4.78 is 0. The smallest absolute Gasteiger partial charge is 0.254 e. The van der Waals surface area contributed by atoms with Crippen LogP contribution in [0.5, 0.6) is 0 Å². The molecule has 0 radical (unpaired) electrons. The number of hydrogen-bond acceptors (Lipinski definition) is 2. The normalized spacial score (nSPS) is 16.3. The summed E-state index contributed by atoms with van der Waals surface area (Å²) in [7, 11) is 0.